The summed E-state index contributed by atoms with van der Waals surface area (Å²) in [5, 5.41) is 16.8. The number of rotatable bonds is 7. The number of amides is 1. The zero-order valence-corrected chi connectivity index (χ0v) is 15.1. The number of carboxylic acids is 1. The Hall–Kier alpha value is -2.63. The maximum atomic E-state index is 12.8. The van der Waals surface area contributed by atoms with Gasteiger partial charge in [0.1, 0.15) is 0 Å². The van der Waals surface area contributed by atoms with Crippen LogP contribution in [0, 0.1) is 12.8 Å². The minimum Gasteiger partial charge on any atom is -0.479 e. The summed E-state index contributed by atoms with van der Waals surface area (Å²) < 4.78 is 1.77. The smallest absolute Gasteiger partial charge is 0.334 e. The summed E-state index contributed by atoms with van der Waals surface area (Å²) in [5.41, 5.74) is 0.209. The normalized spacial score (nSPS) is 13.5. The summed E-state index contributed by atoms with van der Waals surface area (Å²) in [7, 11) is 0. The van der Waals surface area contributed by atoms with E-state index in [9.17, 15) is 14.7 Å². The highest BCUT2D eigenvalue weighted by molar-refractivity contribution is 5.98. The van der Waals surface area contributed by atoms with Crippen molar-refractivity contribution in [3.05, 3.63) is 53.3 Å². The van der Waals surface area contributed by atoms with E-state index < -0.39 is 17.4 Å². The molecule has 0 spiro atoms. The zero-order valence-electron chi connectivity index (χ0n) is 15.1. The van der Waals surface area contributed by atoms with Gasteiger partial charge < -0.3 is 10.4 Å². The van der Waals surface area contributed by atoms with Gasteiger partial charge in [-0.05, 0) is 24.8 Å². The van der Waals surface area contributed by atoms with Gasteiger partial charge >= 0.3 is 5.97 Å². The topological polar surface area (TPSA) is 84.2 Å². The average molecular weight is 343 g/mol. The lowest BCUT2D eigenvalue weighted by Crippen LogP contribution is -2.51. The Kier molecular flexibility index (Phi) is 5.62. The Morgan fingerprint density at radius 3 is 2.44 bits per heavy atom. The number of aromatic nitrogens is 2. The van der Waals surface area contributed by atoms with Crippen molar-refractivity contribution in [2.24, 2.45) is 5.92 Å². The van der Waals surface area contributed by atoms with Crippen molar-refractivity contribution in [1.82, 2.24) is 15.1 Å². The second kappa shape index (κ2) is 7.51. The van der Waals surface area contributed by atoms with Gasteiger partial charge in [-0.2, -0.15) is 5.10 Å². The number of carbonyl (C=O) groups excluding carboxylic acids is 1. The highest BCUT2D eigenvalue weighted by atomic mass is 16.4. The first-order valence-corrected chi connectivity index (χ1v) is 8.45. The number of hydrogen-bond acceptors (Lipinski definition) is 3. The fraction of sp³-hybridized carbons (Fsp3) is 0.421. The lowest BCUT2D eigenvalue weighted by molar-refractivity contribution is -0.145. The molecular weight excluding hydrogens is 318 g/mol. The van der Waals surface area contributed by atoms with Crippen LogP contribution in [0.25, 0.3) is 0 Å². The van der Waals surface area contributed by atoms with E-state index in [4.69, 9.17) is 0 Å². The molecule has 1 aromatic heterocycles. The minimum absolute atomic E-state index is 0.233. The number of carbonyl (C=O) groups is 2. The van der Waals surface area contributed by atoms with Crippen LogP contribution in [0.2, 0.25) is 0 Å². The number of hydrogen-bond donors (Lipinski definition) is 2. The highest BCUT2D eigenvalue weighted by Gasteiger charge is 2.40. The number of nitrogens with one attached hydrogen (secondary N) is 1. The van der Waals surface area contributed by atoms with Crippen molar-refractivity contribution in [2.75, 3.05) is 0 Å². The van der Waals surface area contributed by atoms with Gasteiger partial charge in [-0.3, -0.25) is 9.48 Å². The molecule has 0 fully saturated rings. The standard InChI is InChI=1S/C19H25N3O3/c1-5-19(18(24)25,15-9-7-6-8-10-15)21-17(23)16-11-20-22(14(16)4)12-13(2)3/h6-11,13H,5,12H2,1-4H3,(H,21,23)(H,24,25). The predicted octanol–water partition coefficient (Wildman–Crippen LogP) is 2.97. The second-order valence-electron chi connectivity index (χ2n) is 6.60. The van der Waals surface area contributed by atoms with E-state index >= 15 is 0 Å². The van der Waals surface area contributed by atoms with Gasteiger partial charge in [0.05, 0.1) is 11.8 Å². The Labute approximate surface area is 147 Å². The van der Waals surface area contributed by atoms with Crippen LogP contribution >= 0.6 is 0 Å². The van der Waals surface area contributed by atoms with Crippen molar-refractivity contribution < 1.29 is 14.7 Å². The van der Waals surface area contributed by atoms with E-state index in [1.807, 2.05) is 13.0 Å². The third-order valence-electron chi connectivity index (χ3n) is 4.37. The molecule has 134 valence electrons. The monoisotopic (exact) mass is 343 g/mol. The molecule has 25 heavy (non-hydrogen) atoms. The molecule has 0 bridgehead atoms. The SMILES string of the molecule is CCC(NC(=O)c1cnn(CC(C)C)c1C)(C(=O)O)c1ccccc1. The molecule has 6 heteroatoms. The van der Waals surface area contributed by atoms with Crippen LogP contribution in [0.4, 0.5) is 0 Å². The van der Waals surface area contributed by atoms with Crippen molar-refractivity contribution in [3.8, 4) is 0 Å². The van der Waals surface area contributed by atoms with Crippen molar-refractivity contribution in [1.29, 1.82) is 0 Å². The van der Waals surface area contributed by atoms with Crippen molar-refractivity contribution in [2.45, 2.75) is 46.2 Å². The molecule has 1 heterocycles. The third kappa shape index (κ3) is 3.73. The molecule has 0 aliphatic rings. The molecule has 1 atom stereocenters. The van der Waals surface area contributed by atoms with Crippen LogP contribution in [0.1, 0.15) is 48.8 Å². The number of aliphatic carboxylic acids is 1. The maximum absolute atomic E-state index is 12.8. The summed E-state index contributed by atoms with van der Waals surface area (Å²) in [5.74, 6) is -1.12. The Bertz CT molecular complexity index is 753. The summed E-state index contributed by atoms with van der Waals surface area (Å²) in [6, 6.07) is 8.77. The first-order valence-electron chi connectivity index (χ1n) is 8.45. The van der Waals surface area contributed by atoms with Crippen LogP contribution in [0.3, 0.4) is 0 Å². The molecule has 1 amide bonds. The average Bonchev–Trinajstić information content (AvgIpc) is 2.93. The fourth-order valence-corrected chi connectivity index (χ4v) is 2.88. The summed E-state index contributed by atoms with van der Waals surface area (Å²) >= 11 is 0. The van der Waals surface area contributed by atoms with Crippen LogP contribution < -0.4 is 5.32 Å². The van der Waals surface area contributed by atoms with Crippen molar-refractivity contribution >= 4 is 11.9 Å². The molecule has 2 rings (SSSR count). The molecule has 1 aromatic carbocycles. The van der Waals surface area contributed by atoms with Crippen LogP contribution in [0.5, 0.6) is 0 Å². The molecule has 0 aliphatic heterocycles. The van der Waals surface area contributed by atoms with Crippen LogP contribution in [0.15, 0.2) is 36.5 Å². The third-order valence-corrected chi connectivity index (χ3v) is 4.37. The lowest BCUT2D eigenvalue weighted by Gasteiger charge is -2.30. The van der Waals surface area contributed by atoms with Crippen LogP contribution in [-0.4, -0.2) is 26.8 Å². The Balaban J connectivity index is 2.36. The molecule has 1 unspecified atom stereocenters. The lowest BCUT2D eigenvalue weighted by atomic mass is 9.87. The molecule has 2 N–H and O–H groups in total. The maximum Gasteiger partial charge on any atom is 0.334 e. The van der Waals surface area contributed by atoms with E-state index in [2.05, 4.69) is 24.3 Å². The van der Waals surface area contributed by atoms with Gasteiger partial charge in [0.25, 0.3) is 5.91 Å². The first kappa shape index (κ1) is 18.7. The Morgan fingerprint density at radius 1 is 1.28 bits per heavy atom. The quantitative estimate of drug-likeness (QED) is 0.809. The molecule has 6 nitrogen and oxygen atoms in total. The van der Waals surface area contributed by atoms with E-state index in [1.165, 1.54) is 6.20 Å². The minimum atomic E-state index is -1.47. The van der Waals surface area contributed by atoms with Gasteiger partial charge in [0.15, 0.2) is 5.54 Å². The van der Waals surface area contributed by atoms with E-state index in [0.717, 1.165) is 5.69 Å². The van der Waals surface area contributed by atoms with Gasteiger partial charge in [0, 0.05) is 12.2 Å². The highest BCUT2D eigenvalue weighted by Crippen LogP contribution is 2.26. The fourth-order valence-electron chi connectivity index (χ4n) is 2.88. The molecular formula is C19H25N3O3. The first-order chi connectivity index (χ1) is 11.8. The number of nitrogens with zero attached hydrogens (tertiary/aromatic N) is 2. The predicted molar refractivity (Wildman–Crippen MR) is 95.3 cm³/mol. The largest absolute Gasteiger partial charge is 0.479 e. The van der Waals surface area contributed by atoms with Gasteiger partial charge in [-0.25, -0.2) is 4.79 Å². The zero-order chi connectivity index (χ0) is 18.6. The number of carboxylic acid groups (broad SMARTS) is 1. The summed E-state index contributed by atoms with van der Waals surface area (Å²) in [4.78, 5) is 24.8. The molecule has 0 saturated carbocycles. The van der Waals surface area contributed by atoms with Crippen LogP contribution in [-0.2, 0) is 16.9 Å². The van der Waals surface area contributed by atoms with Gasteiger partial charge in [-0.15, -0.1) is 0 Å². The molecule has 0 aliphatic carbocycles. The van der Waals surface area contributed by atoms with E-state index in [1.54, 1.807) is 35.9 Å². The van der Waals surface area contributed by atoms with Crippen molar-refractivity contribution in [3.63, 3.8) is 0 Å². The summed E-state index contributed by atoms with van der Waals surface area (Å²) in [6.07, 6.45) is 1.73. The summed E-state index contributed by atoms with van der Waals surface area (Å²) in [6.45, 7) is 8.42. The van der Waals surface area contributed by atoms with E-state index in [-0.39, 0.29) is 6.42 Å². The molecule has 2 aromatic rings. The number of benzene rings is 1. The Morgan fingerprint density at radius 2 is 1.92 bits per heavy atom. The second-order valence-corrected chi connectivity index (χ2v) is 6.60. The molecule has 0 radical (unpaired) electrons. The van der Waals surface area contributed by atoms with Gasteiger partial charge in [-0.1, -0.05) is 51.1 Å². The van der Waals surface area contributed by atoms with Gasteiger partial charge in [0.2, 0.25) is 0 Å². The molecule has 0 saturated heterocycles. The van der Waals surface area contributed by atoms with E-state index in [0.29, 0.717) is 23.6 Å².